The average Bonchev–Trinajstić information content (AvgIpc) is 3.17. The van der Waals surface area contributed by atoms with Crippen molar-refractivity contribution in [3.8, 4) is 5.75 Å². The number of ether oxygens (including phenoxy) is 1. The molecular weight excluding hydrogens is 396 g/mol. The van der Waals surface area contributed by atoms with Crippen LogP contribution in [-0.2, 0) is 6.54 Å². The van der Waals surface area contributed by atoms with E-state index in [1.54, 1.807) is 18.3 Å². The third-order valence-electron chi connectivity index (χ3n) is 4.41. The van der Waals surface area contributed by atoms with Crippen molar-refractivity contribution in [2.24, 2.45) is 0 Å². The van der Waals surface area contributed by atoms with E-state index in [0.717, 1.165) is 21.5 Å². The number of furan rings is 1. The molecule has 1 aliphatic rings. The summed E-state index contributed by atoms with van der Waals surface area (Å²) in [6.45, 7) is 0.355. The fraction of sp³-hybridized carbons (Fsp3) is 0.150. The second-order valence-electron chi connectivity index (χ2n) is 5.99. The normalized spacial score (nSPS) is 16.2. The molecule has 1 aliphatic heterocycles. The van der Waals surface area contributed by atoms with Gasteiger partial charge in [-0.05, 0) is 42.5 Å². The largest absolute Gasteiger partial charge is 0.496 e. The highest BCUT2D eigenvalue weighted by Crippen LogP contribution is 2.38. The topological polar surface area (TPSA) is 54.7 Å². The van der Waals surface area contributed by atoms with Gasteiger partial charge < -0.3 is 19.4 Å². The minimum atomic E-state index is -0.380. The molecule has 1 N–H and O–H groups in total. The number of halogens is 1. The highest BCUT2D eigenvalue weighted by atomic mass is 79.9. The lowest BCUT2D eigenvalue weighted by atomic mass is 10.0. The standard InChI is InChI=1S/C20H17BrN2O3/c1-25-18-9-8-13(21)11-16(18)19-22-17-7-3-2-6-15(17)20(24)23(19)12-14-5-4-10-26-14/h2-11,19,22H,12H2,1H3/t19-/m1/s1. The van der Waals surface area contributed by atoms with E-state index in [1.165, 1.54) is 0 Å². The molecule has 0 saturated carbocycles. The molecule has 3 aromatic rings. The lowest BCUT2D eigenvalue weighted by Gasteiger charge is -2.38. The predicted molar refractivity (Wildman–Crippen MR) is 102 cm³/mol. The molecule has 0 aliphatic carbocycles. The molecule has 0 radical (unpaired) electrons. The lowest BCUT2D eigenvalue weighted by molar-refractivity contribution is 0.0649. The van der Waals surface area contributed by atoms with Crippen LogP contribution in [0, 0.1) is 0 Å². The highest BCUT2D eigenvalue weighted by molar-refractivity contribution is 9.10. The number of rotatable bonds is 4. The van der Waals surface area contributed by atoms with Crippen molar-refractivity contribution in [3.63, 3.8) is 0 Å². The maximum atomic E-state index is 13.2. The van der Waals surface area contributed by atoms with Crippen LogP contribution in [0.3, 0.4) is 0 Å². The van der Waals surface area contributed by atoms with Crippen molar-refractivity contribution in [2.45, 2.75) is 12.7 Å². The summed E-state index contributed by atoms with van der Waals surface area (Å²) in [6, 6.07) is 17.0. The molecule has 2 heterocycles. The molecule has 1 atom stereocenters. The van der Waals surface area contributed by atoms with Crippen LogP contribution in [0.2, 0.25) is 0 Å². The Morgan fingerprint density at radius 3 is 2.81 bits per heavy atom. The molecular formula is C20H17BrN2O3. The van der Waals surface area contributed by atoms with E-state index in [-0.39, 0.29) is 12.1 Å². The molecule has 0 spiro atoms. The number of amides is 1. The van der Waals surface area contributed by atoms with Gasteiger partial charge >= 0.3 is 0 Å². The van der Waals surface area contributed by atoms with Gasteiger partial charge in [-0.2, -0.15) is 0 Å². The fourth-order valence-corrected chi connectivity index (χ4v) is 3.57. The van der Waals surface area contributed by atoms with E-state index >= 15 is 0 Å². The second kappa shape index (κ2) is 6.88. The number of hydrogen-bond acceptors (Lipinski definition) is 4. The highest BCUT2D eigenvalue weighted by Gasteiger charge is 2.34. The predicted octanol–water partition coefficient (Wildman–Crippen LogP) is 4.82. The quantitative estimate of drug-likeness (QED) is 0.667. The summed E-state index contributed by atoms with van der Waals surface area (Å²) in [7, 11) is 1.63. The maximum absolute atomic E-state index is 13.2. The molecule has 0 fully saturated rings. The van der Waals surface area contributed by atoms with Crippen molar-refractivity contribution in [1.82, 2.24) is 4.90 Å². The minimum absolute atomic E-state index is 0.0530. The van der Waals surface area contributed by atoms with Gasteiger partial charge in [0, 0.05) is 15.7 Å². The van der Waals surface area contributed by atoms with Crippen molar-refractivity contribution in [2.75, 3.05) is 12.4 Å². The zero-order valence-electron chi connectivity index (χ0n) is 14.1. The first kappa shape index (κ1) is 16.7. The fourth-order valence-electron chi connectivity index (χ4n) is 3.19. The lowest BCUT2D eigenvalue weighted by Crippen LogP contribution is -2.42. The van der Waals surface area contributed by atoms with Gasteiger partial charge in [-0.25, -0.2) is 0 Å². The van der Waals surface area contributed by atoms with Crippen LogP contribution in [0.15, 0.2) is 69.8 Å². The summed E-state index contributed by atoms with van der Waals surface area (Å²) in [5, 5.41) is 3.47. The van der Waals surface area contributed by atoms with Crippen molar-refractivity contribution < 1.29 is 13.9 Å². The van der Waals surface area contributed by atoms with Gasteiger partial charge in [0.2, 0.25) is 0 Å². The van der Waals surface area contributed by atoms with Gasteiger partial charge in [-0.1, -0.05) is 28.1 Å². The van der Waals surface area contributed by atoms with Crippen molar-refractivity contribution in [1.29, 1.82) is 0 Å². The van der Waals surface area contributed by atoms with Gasteiger partial charge in [0.1, 0.15) is 17.7 Å². The monoisotopic (exact) mass is 412 g/mol. The van der Waals surface area contributed by atoms with Crippen LogP contribution in [0.5, 0.6) is 5.75 Å². The first-order valence-corrected chi connectivity index (χ1v) is 8.99. The third kappa shape index (κ3) is 2.97. The Bertz CT molecular complexity index is 940. The van der Waals surface area contributed by atoms with Crippen molar-refractivity contribution >= 4 is 27.5 Å². The molecule has 5 nitrogen and oxygen atoms in total. The van der Waals surface area contributed by atoms with Crippen LogP contribution in [-0.4, -0.2) is 17.9 Å². The number of carbonyl (C=O) groups is 1. The number of carbonyl (C=O) groups excluding carboxylic acids is 1. The van der Waals surface area contributed by atoms with Crippen molar-refractivity contribution in [3.05, 3.63) is 82.2 Å². The van der Waals surface area contributed by atoms with Gasteiger partial charge in [0.15, 0.2) is 0 Å². The Morgan fingerprint density at radius 2 is 2.04 bits per heavy atom. The number of anilines is 1. The van der Waals surface area contributed by atoms with Gasteiger partial charge in [0.05, 0.1) is 25.5 Å². The Labute approximate surface area is 159 Å². The third-order valence-corrected chi connectivity index (χ3v) is 4.91. The van der Waals surface area contributed by atoms with Gasteiger partial charge in [-0.15, -0.1) is 0 Å². The molecule has 132 valence electrons. The number of para-hydroxylation sites is 1. The molecule has 0 unspecified atom stereocenters. The van der Waals surface area contributed by atoms with Crippen LogP contribution in [0.1, 0.15) is 27.8 Å². The van der Waals surface area contributed by atoms with Crippen LogP contribution < -0.4 is 10.1 Å². The first-order chi connectivity index (χ1) is 12.7. The number of nitrogens with zero attached hydrogens (tertiary/aromatic N) is 1. The van der Waals surface area contributed by atoms with E-state index in [1.807, 2.05) is 54.6 Å². The van der Waals surface area contributed by atoms with E-state index in [9.17, 15) is 4.79 Å². The Balaban J connectivity index is 1.82. The SMILES string of the molecule is COc1ccc(Br)cc1[C@@H]1Nc2ccccc2C(=O)N1Cc1ccco1. The van der Waals surface area contributed by atoms with Gasteiger partial charge in [-0.3, -0.25) is 4.79 Å². The molecule has 26 heavy (non-hydrogen) atoms. The van der Waals surface area contributed by atoms with E-state index in [0.29, 0.717) is 17.9 Å². The summed E-state index contributed by atoms with van der Waals surface area (Å²) < 4.78 is 11.9. The smallest absolute Gasteiger partial charge is 0.258 e. The molecule has 6 heteroatoms. The first-order valence-electron chi connectivity index (χ1n) is 8.19. The Kier molecular flexibility index (Phi) is 4.42. The number of nitrogens with one attached hydrogen (secondary N) is 1. The number of benzene rings is 2. The molecule has 0 saturated heterocycles. The summed E-state index contributed by atoms with van der Waals surface area (Å²) >= 11 is 3.51. The average molecular weight is 413 g/mol. The summed E-state index contributed by atoms with van der Waals surface area (Å²) in [5.41, 5.74) is 2.32. The number of hydrogen-bond donors (Lipinski definition) is 1. The molecule has 2 aromatic carbocycles. The number of methoxy groups -OCH3 is 1. The number of fused-ring (bicyclic) bond motifs is 1. The van der Waals surface area contributed by atoms with Gasteiger partial charge in [0.25, 0.3) is 5.91 Å². The zero-order chi connectivity index (χ0) is 18.1. The second-order valence-corrected chi connectivity index (χ2v) is 6.91. The van der Waals surface area contributed by atoms with Crippen LogP contribution >= 0.6 is 15.9 Å². The van der Waals surface area contributed by atoms with Crippen LogP contribution in [0.25, 0.3) is 0 Å². The molecule has 0 bridgehead atoms. The summed E-state index contributed by atoms with van der Waals surface area (Å²) in [4.78, 5) is 15.0. The summed E-state index contributed by atoms with van der Waals surface area (Å²) in [6.07, 6.45) is 1.23. The van der Waals surface area contributed by atoms with E-state index < -0.39 is 0 Å². The molecule has 4 rings (SSSR count). The Morgan fingerprint density at radius 1 is 1.19 bits per heavy atom. The maximum Gasteiger partial charge on any atom is 0.258 e. The zero-order valence-corrected chi connectivity index (χ0v) is 15.7. The summed E-state index contributed by atoms with van der Waals surface area (Å²) in [5.74, 6) is 1.38. The van der Waals surface area contributed by atoms with Crippen LogP contribution in [0.4, 0.5) is 5.69 Å². The Hall–Kier alpha value is -2.73. The van der Waals surface area contributed by atoms with E-state index in [4.69, 9.17) is 9.15 Å². The minimum Gasteiger partial charge on any atom is -0.496 e. The molecule has 1 amide bonds. The molecule has 1 aromatic heterocycles. The van der Waals surface area contributed by atoms with E-state index in [2.05, 4.69) is 21.2 Å².